The molecule has 3 aromatic carbocycles. The lowest BCUT2D eigenvalue weighted by molar-refractivity contribution is -0.127. The first kappa shape index (κ1) is 21.2. The molecule has 0 saturated heterocycles. The van der Waals surface area contributed by atoms with E-state index in [1.54, 1.807) is 0 Å². The van der Waals surface area contributed by atoms with Gasteiger partial charge in [-0.1, -0.05) is 60.2 Å². The van der Waals surface area contributed by atoms with Gasteiger partial charge < -0.3 is 10.1 Å². The first-order valence-electron chi connectivity index (χ1n) is 11.2. The number of amides is 1. The topological polar surface area (TPSA) is 38.3 Å². The van der Waals surface area contributed by atoms with Gasteiger partial charge in [0.05, 0.1) is 6.04 Å². The first-order chi connectivity index (χ1) is 15.0. The Labute approximate surface area is 185 Å². The van der Waals surface area contributed by atoms with Crippen molar-refractivity contribution in [2.45, 2.75) is 58.6 Å². The first-order valence-corrected chi connectivity index (χ1v) is 11.2. The lowest BCUT2D eigenvalue weighted by Crippen LogP contribution is -2.39. The van der Waals surface area contributed by atoms with Crippen molar-refractivity contribution in [3.8, 4) is 5.75 Å². The second kappa shape index (κ2) is 9.38. The molecule has 0 bridgehead atoms. The van der Waals surface area contributed by atoms with Crippen molar-refractivity contribution in [2.75, 3.05) is 0 Å². The largest absolute Gasteiger partial charge is 0.481 e. The van der Waals surface area contributed by atoms with Gasteiger partial charge in [0.2, 0.25) is 0 Å². The fourth-order valence-corrected chi connectivity index (χ4v) is 4.44. The van der Waals surface area contributed by atoms with Crippen LogP contribution in [-0.2, 0) is 17.6 Å². The zero-order valence-corrected chi connectivity index (χ0v) is 18.7. The zero-order valence-electron chi connectivity index (χ0n) is 18.7. The van der Waals surface area contributed by atoms with Crippen molar-refractivity contribution < 1.29 is 9.53 Å². The molecular formula is C28H31NO2. The van der Waals surface area contributed by atoms with Gasteiger partial charge in [-0.2, -0.15) is 0 Å². The molecule has 0 radical (unpaired) electrons. The number of hydrogen-bond donors (Lipinski definition) is 1. The molecule has 0 aromatic heterocycles. The second-order valence-electron chi connectivity index (χ2n) is 8.61. The number of fused-ring (bicyclic) bond motifs is 1. The summed E-state index contributed by atoms with van der Waals surface area (Å²) in [6.45, 7) is 6.00. The molecule has 1 aliphatic rings. The van der Waals surface area contributed by atoms with Gasteiger partial charge in [-0.05, 0) is 86.4 Å². The third kappa shape index (κ3) is 4.99. The van der Waals surface area contributed by atoms with Gasteiger partial charge in [-0.3, -0.25) is 4.79 Å². The Bertz CT molecular complexity index is 1060. The minimum Gasteiger partial charge on any atom is -0.481 e. The van der Waals surface area contributed by atoms with Gasteiger partial charge in [0.15, 0.2) is 6.10 Å². The second-order valence-corrected chi connectivity index (χ2v) is 8.61. The molecule has 3 aromatic rings. The molecule has 0 unspecified atom stereocenters. The summed E-state index contributed by atoms with van der Waals surface area (Å²) >= 11 is 0. The monoisotopic (exact) mass is 413 g/mol. The fraction of sp³-hybridized carbons (Fsp3) is 0.321. The van der Waals surface area contributed by atoms with Crippen LogP contribution in [-0.4, -0.2) is 12.0 Å². The van der Waals surface area contributed by atoms with E-state index in [4.69, 9.17) is 4.74 Å². The highest BCUT2D eigenvalue weighted by molar-refractivity contribution is 5.81. The Kier molecular flexibility index (Phi) is 6.41. The predicted molar refractivity (Wildman–Crippen MR) is 126 cm³/mol. The van der Waals surface area contributed by atoms with Gasteiger partial charge in [0, 0.05) is 0 Å². The standard InChI is InChI=1S/C28H31NO2/c1-19-13-16-26(20(2)17-19)27(23-10-5-4-6-11-23)29-28(30)21(3)31-25-15-14-22-9-7-8-12-24(22)18-25/h4-6,10-11,13-18,21,27H,7-9,12H2,1-3H3,(H,29,30)/t21-,27+/m0/s1. The van der Waals surface area contributed by atoms with Crippen LogP contribution in [0.5, 0.6) is 5.75 Å². The Morgan fingerprint density at radius 2 is 1.65 bits per heavy atom. The molecule has 0 spiro atoms. The molecule has 0 fully saturated rings. The Balaban J connectivity index is 1.53. The van der Waals surface area contributed by atoms with Gasteiger partial charge in [-0.25, -0.2) is 0 Å². The number of benzene rings is 3. The third-order valence-electron chi connectivity index (χ3n) is 6.16. The average Bonchev–Trinajstić information content (AvgIpc) is 2.78. The fourth-order valence-electron chi connectivity index (χ4n) is 4.44. The molecule has 2 atom stereocenters. The number of nitrogens with one attached hydrogen (secondary N) is 1. The number of carbonyl (C=O) groups is 1. The lowest BCUT2D eigenvalue weighted by Gasteiger charge is -2.24. The molecule has 4 rings (SSSR count). The summed E-state index contributed by atoms with van der Waals surface area (Å²) in [6, 6.07) is 22.5. The molecule has 31 heavy (non-hydrogen) atoms. The molecule has 0 saturated carbocycles. The molecule has 0 heterocycles. The summed E-state index contributed by atoms with van der Waals surface area (Å²) in [7, 11) is 0. The van der Waals surface area contributed by atoms with Crippen LogP contribution in [0, 0.1) is 13.8 Å². The summed E-state index contributed by atoms with van der Waals surface area (Å²) in [5, 5.41) is 3.23. The highest BCUT2D eigenvalue weighted by atomic mass is 16.5. The summed E-state index contributed by atoms with van der Waals surface area (Å²) in [4.78, 5) is 13.1. The van der Waals surface area contributed by atoms with Crippen LogP contribution < -0.4 is 10.1 Å². The van der Waals surface area contributed by atoms with E-state index in [9.17, 15) is 4.79 Å². The molecule has 0 aliphatic heterocycles. The van der Waals surface area contributed by atoms with Crippen molar-refractivity contribution in [3.05, 3.63) is 100 Å². The maximum atomic E-state index is 13.1. The van der Waals surface area contributed by atoms with E-state index < -0.39 is 6.10 Å². The Morgan fingerprint density at radius 3 is 2.39 bits per heavy atom. The normalized spacial score (nSPS) is 14.9. The highest BCUT2D eigenvalue weighted by Crippen LogP contribution is 2.28. The van der Waals surface area contributed by atoms with Crippen molar-refractivity contribution in [1.82, 2.24) is 5.32 Å². The summed E-state index contributed by atoms with van der Waals surface area (Å²) in [5.41, 5.74) is 7.30. The van der Waals surface area contributed by atoms with Crippen molar-refractivity contribution in [2.24, 2.45) is 0 Å². The van der Waals surface area contributed by atoms with Crippen LogP contribution in [0.4, 0.5) is 0 Å². The van der Waals surface area contributed by atoms with Gasteiger partial charge in [0.25, 0.3) is 5.91 Å². The average molecular weight is 414 g/mol. The molecule has 1 amide bonds. The van der Waals surface area contributed by atoms with Crippen LogP contribution >= 0.6 is 0 Å². The van der Waals surface area contributed by atoms with Crippen molar-refractivity contribution in [1.29, 1.82) is 0 Å². The smallest absolute Gasteiger partial charge is 0.261 e. The van der Waals surface area contributed by atoms with E-state index in [1.165, 1.54) is 29.5 Å². The van der Waals surface area contributed by atoms with Gasteiger partial charge >= 0.3 is 0 Å². The third-order valence-corrected chi connectivity index (χ3v) is 6.16. The number of aryl methyl sites for hydroxylation is 4. The van der Waals surface area contributed by atoms with E-state index >= 15 is 0 Å². The molecule has 1 aliphatic carbocycles. The SMILES string of the molecule is Cc1ccc([C@H](NC(=O)[C@H](C)Oc2ccc3c(c2)CCCC3)c2ccccc2)c(C)c1. The number of rotatable bonds is 6. The number of hydrogen-bond acceptors (Lipinski definition) is 2. The summed E-state index contributed by atoms with van der Waals surface area (Å²) in [5.74, 6) is 0.651. The van der Waals surface area contributed by atoms with E-state index in [1.807, 2.05) is 31.2 Å². The summed E-state index contributed by atoms with van der Waals surface area (Å²) in [6.07, 6.45) is 4.13. The molecular weight excluding hydrogens is 382 g/mol. The Hall–Kier alpha value is -3.07. The van der Waals surface area contributed by atoms with Crippen LogP contribution in [0.1, 0.15) is 59.2 Å². The number of ether oxygens (including phenoxy) is 1. The van der Waals surface area contributed by atoms with Crippen LogP contribution in [0.3, 0.4) is 0 Å². The van der Waals surface area contributed by atoms with E-state index in [0.717, 1.165) is 35.3 Å². The van der Waals surface area contributed by atoms with Crippen LogP contribution in [0.25, 0.3) is 0 Å². The van der Waals surface area contributed by atoms with Gasteiger partial charge in [-0.15, -0.1) is 0 Å². The van der Waals surface area contributed by atoms with Crippen molar-refractivity contribution in [3.63, 3.8) is 0 Å². The predicted octanol–water partition coefficient (Wildman–Crippen LogP) is 5.86. The maximum absolute atomic E-state index is 13.1. The van der Waals surface area contributed by atoms with E-state index in [-0.39, 0.29) is 11.9 Å². The minimum atomic E-state index is -0.585. The van der Waals surface area contributed by atoms with E-state index in [0.29, 0.717) is 0 Å². The quantitative estimate of drug-likeness (QED) is 0.550. The maximum Gasteiger partial charge on any atom is 0.261 e. The van der Waals surface area contributed by atoms with Crippen molar-refractivity contribution >= 4 is 5.91 Å². The highest BCUT2D eigenvalue weighted by Gasteiger charge is 2.23. The number of carbonyl (C=O) groups excluding carboxylic acids is 1. The lowest BCUT2D eigenvalue weighted by atomic mass is 9.92. The summed E-state index contributed by atoms with van der Waals surface area (Å²) < 4.78 is 6.05. The molecule has 1 N–H and O–H groups in total. The van der Waals surface area contributed by atoms with Crippen LogP contribution in [0.2, 0.25) is 0 Å². The Morgan fingerprint density at radius 1 is 0.903 bits per heavy atom. The molecule has 3 heteroatoms. The molecule has 3 nitrogen and oxygen atoms in total. The van der Waals surface area contributed by atoms with E-state index in [2.05, 4.69) is 61.6 Å². The molecule has 160 valence electrons. The van der Waals surface area contributed by atoms with Crippen LogP contribution in [0.15, 0.2) is 66.7 Å². The minimum absolute atomic E-state index is 0.119. The van der Waals surface area contributed by atoms with Gasteiger partial charge in [0.1, 0.15) is 5.75 Å². The zero-order chi connectivity index (χ0) is 21.8.